The van der Waals surface area contributed by atoms with E-state index in [1.54, 1.807) is 30.3 Å². The molecule has 0 atom stereocenters. The van der Waals surface area contributed by atoms with Gasteiger partial charge in [0.15, 0.2) is 5.78 Å². The van der Waals surface area contributed by atoms with Crippen molar-refractivity contribution in [1.82, 2.24) is 0 Å². The van der Waals surface area contributed by atoms with Crippen molar-refractivity contribution < 1.29 is 19.1 Å². The molecule has 0 aliphatic carbocycles. The number of carbonyl (C=O) groups excluding carboxylic acids is 1. The summed E-state index contributed by atoms with van der Waals surface area (Å²) in [5.74, 6) is 0.328. The Hall–Kier alpha value is -1.22. The van der Waals surface area contributed by atoms with E-state index < -0.39 is 7.60 Å². The Morgan fingerprint density at radius 2 is 1.80 bits per heavy atom. The number of hydrogen-bond acceptors (Lipinski definition) is 2. The van der Waals surface area contributed by atoms with Crippen molar-refractivity contribution in [2.45, 2.75) is 6.92 Å². The molecule has 1 aromatic rings. The largest absolute Gasteiger partial charge is 0.349 e. The topological polar surface area (TPSA) is 74.6 Å². The van der Waals surface area contributed by atoms with Crippen LogP contribution in [0.4, 0.5) is 0 Å². The minimum Gasteiger partial charge on any atom is -0.321 e. The molecule has 5 heteroatoms. The lowest BCUT2D eigenvalue weighted by molar-refractivity contribution is -0.111. The summed E-state index contributed by atoms with van der Waals surface area (Å²) in [6.45, 7) is 1.27. The van der Waals surface area contributed by atoms with Gasteiger partial charge in [-0.05, 0) is 12.5 Å². The van der Waals surface area contributed by atoms with Crippen LogP contribution in [0.1, 0.15) is 12.5 Å². The van der Waals surface area contributed by atoms with E-state index in [0.717, 1.165) is 0 Å². The number of carbonyl (C=O) groups is 1. The third-order valence-corrected chi connectivity index (χ3v) is 2.36. The maximum Gasteiger partial charge on any atom is 0.349 e. The molecule has 0 radical (unpaired) electrons. The lowest BCUT2D eigenvalue weighted by Crippen LogP contribution is -1.96. The molecular weight excluding hydrogens is 215 g/mol. The van der Waals surface area contributed by atoms with Crippen molar-refractivity contribution in [3.63, 3.8) is 0 Å². The van der Waals surface area contributed by atoms with Crippen LogP contribution >= 0.6 is 7.60 Å². The molecule has 0 saturated carbocycles. The van der Waals surface area contributed by atoms with E-state index in [-0.39, 0.29) is 11.4 Å². The van der Waals surface area contributed by atoms with Gasteiger partial charge in [0, 0.05) is 11.4 Å². The van der Waals surface area contributed by atoms with E-state index in [2.05, 4.69) is 0 Å². The molecule has 0 aromatic heterocycles. The molecule has 0 aliphatic rings. The van der Waals surface area contributed by atoms with Crippen molar-refractivity contribution in [2.24, 2.45) is 0 Å². The molecule has 0 saturated heterocycles. The van der Waals surface area contributed by atoms with E-state index in [9.17, 15) is 9.36 Å². The highest BCUT2D eigenvalue weighted by atomic mass is 31.2. The molecular formula is C10H11O4P. The van der Waals surface area contributed by atoms with E-state index >= 15 is 0 Å². The minimum atomic E-state index is -4.32. The van der Waals surface area contributed by atoms with Gasteiger partial charge in [-0.2, -0.15) is 0 Å². The first kappa shape index (κ1) is 11.9. The second kappa shape index (κ2) is 4.53. The predicted molar refractivity (Wildman–Crippen MR) is 57.1 cm³/mol. The fraction of sp³-hybridized carbons (Fsp3) is 0.100. The summed E-state index contributed by atoms with van der Waals surface area (Å²) >= 11 is 0. The van der Waals surface area contributed by atoms with Gasteiger partial charge in [-0.3, -0.25) is 9.36 Å². The predicted octanol–water partition coefficient (Wildman–Crippen LogP) is 1.79. The zero-order valence-corrected chi connectivity index (χ0v) is 9.02. The number of hydrogen-bond donors (Lipinski definition) is 2. The van der Waals surface area contributed by atoms with Crippen molar-refractivity contribution in [1.29, 1.82) is 0 Å². The molecule has 15 heavy (non-hydrogen) atoms. The van der Waals surface area contributed by atoms with Gasteiger partial charge in [-0.25, -0.2) is 0 Å². The van der Waals surface area contributed by atoms with E-state index in [4.69, 9.17) is 9.79 Å². The molecule has 0 aliphatic heterocycles. The second-order valence-electron chi connectivity index (χ2n) is 3.05. The van der Waals surface area contributed by atoms with Gasteiger partial charge < -0.3 is 9.79 Å². The molecule has 0 unspecified atom stereocenters. The minimum absolute atomic E-state index is 0.0453. The Morgan fingerprint density at radius 1 is 1.27 bits per heavy atom. The summed E-state index contributed by atoms with van der Waals surface area (Å²) in [7, 11) is -4.32. The first-order valence-corrected chi connectivity index (χ1v) is 5.93. The highest BCUT2D eigenvalue weighted by Crippen LogP contribution is 2.39. The third-order valence-electron chi connectivity index (χ3n) is 1.76. The Morgan fingerprint density at radius 3 is 2.20 bits per heavy atom. The van der Waals surface area contributed by atoms with Crippen LogP contribution in [-0.2, 0) is 9.36 Å². The van der Waals surface area contributed by atoms with Crippen LogP contribution in [0.5, 0.6) is 0 Å². The van der Waals surface area contributed by atoms with Gasteiger partial charge >= 0.3 is 7.60 Å². The lowest BCUT2D eigenvalue weighted by atomic mass is 10.1. The molecule has 2 N–H and O–H groups in total. The zero-order valence-electron chi connectivity index (χ0n) is 8.12. The van der Waals surface area contributed by atoms with Crippen LogP contribution in [0.3, 0.4) is 0 Å². The van der Waals surface area contributed by atoms with E-state index in [0.29, 0.717) is 11.4 Å². The van der Waals surface area contributed by atoms with E-state index in [1.165, 1.54) is 6.92 Å². The van der Waals surface area contributed by atoms with Gasteiger partial charge in [0.05, 0.1) is 0 Å². The van der Waals surface area contributed by atoms with Crippen LogP contribution in [0.15, 0.2) is 36.1 Å². The van der Waals surface area contributed by atoms with Crippen molar-refractivity contribution in [3.05, 3.63) is 41.7 Å². The first-order valence-electron chi connectivity index (χ1n) is 4.24. The highest BCUT2D eigenvalue weighted by molar-refractivity contribution is 7.55. The van der Waals surface area contributed by atoms with Crippen molar-refractivity contribution >= 4 is 19.0 Å². The molecule has 80 valence electrons. The lowest BCUT2D eigenvalue weighted by Gasteiger charge is -2.04. The van der Waals surface area contributed by atoms with Crippen LogP contribution in [0.25, 0.3) is 5.57 Å². The summed E-state index contributed by atoms with van der Waals surface area (Å²) in [5.41, 5.74) is 0.553. The molecule has 0 fully saturated rings. The average Bonchev–Trinajstić information content (AvgIpc) is 2.14. The summed E-state index contributed by atoms with van der Waals surface area (Å²) in [4.78, 5) is 28.8. The number of rotatable bonds is 3. The van der Waals surface area contributed by atoms with Gasteiger partial charge in [0.2, 0.25) is 0 Å². The molecule has 0 spiro atoms. The van der Waals surface area contributed by atoms with Crippen LogP contribution < -0.4 is 0 Å². The average molecular weight is 226 g/mol. The first-order chi connectivity index (χ1) is 6.90. The summed E-state index contributed by atoms with van der Waals surface area (Å²) in [5, 5.41) is 0. The second-order valence-corrected chi connectivity index (χ2v) is 4.49. The summed E-state index contributed by atoms with van der Waals surface area (Å²) in [6.07, 6.45) is 0. The van der Waals surface area contributed by atoms with Crippen molar-refractivity contribution in [2.75, 3.05) is 0 Å². The van der Waals surface area contributed by atoms with Gasteiger partial charge in [-0.15, -0.1) is 0 Å². The maximum atomic E-state index is 11.2. The smallest absolute Gasteiger partial charge is 0.321 e. The van der Waals surface area contributed by atoms with E-state index in [1.807, 2.05) is 0 Å². The monoisotopic (exact) mass is 226 g/mol. The number of allylic oxidation sites excluding steroid dienone is 1. The number of benzene rings is 1. The molecule has 1 aromatic carbocycles. The molecule has 1 rings (SSSR count). The number of Topliss-reactive ketones (excluding diaryl/α,β-unsaturated/α-hetero) is 1. The molecule has 0 heterocycles. The molecule has 4 nitrogen and oxygen atoms in total. The normalized spacial score (nSPS) is 12.6. The molecule has 0 amide bonds. The molecule has 0 bridgehead atoms. The Balaban J connectivity index is 3.22. The quantitative estimate of drug-likeness (QED) is 0.608. The zero-order chi connectivity index (χ0) is 11.5. The standard InChI is InChI=1S/C10H11O4P/c1-8(11)10(7-15(12,13)14)9-5-3-2-4-6-9/h2-7H,1H3,(H2,12,13,14). The van der Waals surface area contributed by atoms with Crippen LogP contribution in [0.2, 0.25) is 0 Å². The van der Waals surface area contributed by atoms with Crippen LogP contribution in [0, 0.1) is 0 Å². The summed E-state index contributed by atoms with van der Waals surface area (Å²) < 4.78 is 10.8. The number of ketones is 1. The Bertz CT molecular complexity index is 430. The third kappa shape index (κ3) is 3.80. The maximum absolute atomic E-state index is 11.2. The highest BCUT2D eigenvalue weighted by Gasteiger charge is 2.15. The summed E-state index contributed by atoms with van der Waals surface area (Å²) in [6, 6.07) is 8.42. The fourth-order valence-electron chi connectivity index (χ4n) is 1.15. The van der Waals surface area contributed by atoms with Gasteiger partial charge in [0.25, 0.3) is 0 Å². The Labute approximate surface area is 87.4 Å². The SMILES string of the molecule is CC(=O)C(=CP(=O)(O)O)c1ccccc1. The van der Waals surface area contributed by atoms with Crippen LogP contribution in [-0.4, -0.2) is 15.6 Å². The van der Waals surface area contributed by atoms with Gasteiger partial charge in [0.1, 0.15) is 0 Å². The van der Waals surface area contributed by atoms with Crippen molar-refractivity contribution in [3.8, 4) is 0 Å². The Kier molecular flexibility index (Phi) is 3.58. The fourth-order valence-corrected chi connectivity index (χ4v) is 1.82. The van der Waals surface area contributed by atoms with Gasteiger partial charge in [-0.1, -0.05) is 30.3 Å².